The van der Waals surface area contributed by atoms with E-state index in [-0.39, 0.29) is 27.5 Å². The van der Waals surface area contributed by atoms with Crippen molar-refractivity contribution >= 4 is 44.5 Å². The molecule has 0 saturated heterocycles. The number of para-hydroxylation sites is 2. The fraction of sp³-hybridized carbons (Fsp3) is 0.176. The lowest BCUT2D eigenvalue weighted by Crippen LogP contribution is -2.17. The van der Waals surface area contributed by atoms with E-state index < -0.39 is 17.8 Å². The second-order valence-corrected chi connectivity index (χ2v) is 6.91. The van der Waals surface area contributed by atoms with Gasteiger partial charge in [0.1, 0.15) is 5.69 Å². The lowest BCUT2D eigenvalue weighted by Gasteiger charge is -2.09. The lowest BCUT2D eigenvalue weighted by molar-refractivity contribution is -0.142. The lowest BCUT2D eigenvalue weighted by atomic mass is 10.3. The second-order valence-electron chi connectivity index (χ2n) is 6.12. The molecule has 1 amide bonds. The molecule has 7 nitrogen and oxygen atoms in total. The van der Waals surface area contributed by atoms with Crippen LogP contribution in [-0.4, -0.2) is 30.1 Å². The SMILES string of the molecule is Cc1cc(C(F)(F)F)n2nc(C(=O)Nc3nc4ccccc4n3C)c(Br)c2n1. The number of rotatable bonds is 2. The standard InChI is InChI=1S/C17H12BrF3N6O/c1-8-7-11(17(19,20)21)27-14(22-8)12(18)13(25-27)15(28)24-16-23-9-5-3-4-6-10(9)26(16)2/h3-7H,1-2H3,(H,23,24,28). The van der Waals surface area contributed by atoms with Gasteiger partial charge in [-0.15, -0.1) is 0 Å². The number of alkyl halides is 3. The topological polar surface area (TPSA) is 77.1 Å². The van der Waals surface area contributed by atoms with Gasteiger partial charge in [-0.05, 0) is 41.1 Å². The van der Waals surface area contributed by atoms with Crippen LogP contribution in [0.1, 0.15) is 21.9 Å². The molecular weight excluding hydrogens is 441 g/mol. The molecule has 0 aliphatic heterocycles. The van der Waals surface area contributed by atoms with E-state index >= 15 is 0 Å². The van der Waals surface area contributed by atoms with Gasteiger partial charge in [-0.2, -0.15) is 18.3 Å². The average molecular weight is 453 g/mol. The van der Waals surface area contributed by atoms with Crippen LogP contribution in [0, 0.1) is 6.92 Å². The number of carbonyl (C=O) groups is 1. The minimum absolute atomic E-state index is 0.0676. The predicted molar refractivity (Wildman–Crippen MR) is 99.1 cm³/mol. The minimum atomic E-state index is -4.65. The highest BCUT2D eigenvalue weighted by molar-refractivity contribution is 9.10. The molecule has 1 aromatic carbocycles. The van der Waals surface area contributed by atoms with E-state index in [0.29, 0.717) is 10.0 Å². The van der Waals surface area contributed by atoms with Crippen molar-refractivity contribution in [3.05, 3.63) is 51.9 Å². The van der Waals surface area contributed by atoms with Gasteiger partial charge in [0.15, 0.2) is 11.3 Å². The maximum Gasteiger partial charge on any atom is 0.433 e. The van der Waals surface area contributed by atoms with E-state index in [1.54, 1.807) is 17.7 Å². The fourth-order valence-electron chi connectivity index (χ4n) is 2.88. The highest BCUT2D eigenvalue weighted by atomic mass is 79.9. The van der Waals surface area contributed by atoms with E-state index in [1.807, 2.05) is 18.2 Å². The second kappa shape index (κ2) is 6.30. The molecule has 0 spiro atoms. The first-order valence-electron chi connectivity index (χ1n) is 8.02. The van der Waals surface area contributed by atoms with Crippen LogP contribution in [0.25, 0.3) is 16.7 Å². The number of nitrogens with zero attached hydrogens (tertiary/aromatic N) is 5. The molecule has 3 heterocycles. The number of fused-ring (bicyclic) bond motifs is 2. The zero-order valence-corrected chi connectivity index (χ0v) is 16.1. The van der Waals surface area contributed by atoms with Crippen molar-refractivity contribution in [1.82, 2.24) is 24.1 Å². The summed E-state index contributed by atoms with van der Waals surface area (Å²) in [6.07, 6.45) is -4.65. The molecule has 0 fully saturated rings. The van der Waals surface area contributed by atoms with Crippen molar-refractivity contribution in [2.45, 2.75) is 13.1 Å². The van der Waals surface area contributed by atoms with Crippen LogP contribution in [0.5, 0.6) is 0 Å². The molecule has 0 saturated carbocycles. The summed E-state index contributed by atoms with van der Waals surface area (Å²) >= 11 is 3.15. The Hall–Kier alpha value is -2.95. The molecule has 0 unspecified atom stereocenters. The van der Waals surface area contributed by atoms with Gasteiger partial charge >= 0.3 is 6.18 Å². The molecule has 144 valence electrons. The van der Waals surface area contributed by atoms with Gasteiger partial charge in [0, 0.05) is 12.7 Å². The number of hydrogen-bond donors (Lipinski definition) is 1. The average Bonchev–Trinajstić information content (AvgIpc) is 3.12. The molecule has 0 aliphatic rings. The van der Waals surface area contributed by atoms with Crippen LogP contribution < -0.4 is 5.32 Å². The summed E-state index contributed by atoms with van der Waals surface area (Å²) < 4.78 is 42.4. The van der Waals surface area contributed by atoms with E-state index in [4.69, 9.17) is 0 Å². The Balaban J connectivity index is 1.79. The van der Waals surface area contributed by atoms with Crippen LogP contribution in [0.2, 0.25) is 0 Å². The van der Waals surface area contributed by atoms with E-state index in [0.717, 1.165) is 11.6 Å². The molecule has 11 heteroatoms. The molecule has 0 bridgehead atoms. The molecule has 0 radical (unpaired) electrons. The van der Waals surface area contributed by atoms with E-state index in [9.17, 15) is 18.0 Å². The number of hydrogen-bond acceptors (Lipinski definition) is 4. The quantitative estimate of drug-likeness (QED) is 0.499. The summed E-state index contributed by atoms with van der Waals surface area (Å²) in [7, 11) is 1.72. The Morgan fingerprint density at radius 2 is 1.93 bits per heavy atom. The number of nitrogens with one attached hydrogen (secondary N) is 1. The monoisotopic (exact) mass is 452 g/mol. The van der Waals surface area contributed by atoms with Crippen LogP contribution in [0.15, 0.2) is 34.8 Å². The Morgan fingerprint density at radius 1 is 1.21 bits per heavy atom. The first-order chi connectivity index (χ1) is 13.2. The highest BCUT2D eigenvalue weighted by Crippen LogP contribution is 2.32. The highest BCUT2D eigenvalue weighted by Gasteiger charge is 2.36. The number of anilines is 1. The number of imidazole rings is 1. The Labute approximate surface area is 164 Å². The number of amides is 1. The number of halogens is 4. The van der Waals surface area contributed by atoms with Gasteiger partial charge in [0.05, 0.1) is 15.5 Å². The maximum absolute atomic E-state index is 13.3. The van der Waals surface area contributed by atoms with Gasteiger partial charge < -0.3 is 4.57 Å². The zero-order valence-electron chi connectivity index (χ0n) is 14.5. The normalized spacial score (nSPS) is 12.1. The molecule has 28 heavy (non-hydrogen) atoms. The van der Waals surface area contributed by atoms with Crippen LogP contribution >= 0.6 is 15.9 Å². The maximum atomic E-state index is 13.3. The number of benzene rings is 1. The number of aryl methyl sites for hydroxylation is 2. The van der Waals surface area contributed by atoms with Gasteiger partial charge in [-0.3, -0.25) is 10.1 Å². The number of carbonyl (C=O) groups excluding carboxylic acids is 1. The molecule has 4 rings (SSSR count). The molecule has 3 aromatic heterocycles. The predicted octanol–water partition coefficient (Wildman–Crippen LogP) is 3.96. The summed E-state index contributed by atoms with van der Waals surface area (Å²) in [6.45, 7) is 1.44. The molecular formula is C17H12BrF3N6O. The first-order valence-corrected chi connectivity index (χ1v) is 8.82. The molecule has 0 aliphatic carbocycles. The van der Waals surface area contributed by atoms with Crippen LogP contribution in [0.3, 0.4) is 0 Å². The van der Waals surface area contributed by atoms with Gasteiger partial charge in [-0.25, -0.2) is 14.5 Å². The first kappa shape index (κ1) is 18.4. The third-order valence-corrected chi connectivity index (χ3v) is 4.91. The third-order valence-electron chi connectivity index (χ3n) is 4.18. The van der Waals surface area contributed by atoms with Crippen molar-refractivity contribution in [2.24, 2.45) is 7.05 Å². The Morgan fingerprint density at radius 3 is 2.61 bits per heavy atom. The molecule has 0 atom stereocenters. The Kier molecular flexibility index (Phi) is 4.14. The number of aromatic nitrogens is 5. The van der Waals surface area contributed by atoms with Crippen molar-refractivity contribution in [2.75, 3.05) is 5.32 Å². The van der Waals surface area contributed by atoms with Crippen LogP contribution in [-0.2, 0) is 13.2 Å². The van der Waals surface area contributed by atoms with Crippen molar-refractivity contribution in [3.63, 3.8) is 0 Å². The summed E-state index contributed by atoms with van der Waals surface area (Å²) in [5, 5.41) is 6.43. The summed E-state index contributed by atoms with van der Waals surface area (Å²) in [5.41, 5.74) is 0.285. The Bertz CT molecular complexity index is 1240. The fourth-order valence-corrected chi connectivity index (χ4v) is 3.39. The van der Waals surface area contributed by atoms with Crippen molar-refractivity contribution in [1.29, 1.82) is 0 Å². The third kappa shape index (κ3) is 2.91. The molecule has 1 N–H and O–H groups in total. The van der Waals surface area contributed by atoms with Gasteiger partial charge in [-0.1, -0.05) is 12.1 Å². The van der Waals surface area contributed by atoms with E-state index in [2.05, 4.69) is 36.3 Å². The minimum Gasteiger partial charge on any atom is -0.313 e. The van der Waals surface area contributed by atoms with Crippen molar-refractivity contribution in [3.8, 4) is 0 Å². The summed E-state index contributed by atoms with van der Waals surface area (Å²) in [5.74, 6) is -0.461. The smallest absolute Gasteiger partial charge is 0.313 e. The summed E-state index contributed by atoms with van der Waals surface area (Å²) in [4.78, 5) is 21.1. The van der Waals surface area contributed by atoms with Crippen molar-refractivity contribution < 1.29 is 18.0 Å². The van der Waals surface area contributed by atoms with Gasteiger partial charge in [0.25, 0.3) is 5.91 Å². The zero-order chi connectivity index (χ0) is 20.2. The van der Waals surface area contributed by atoms with Gasteiger partial charge in [0.2, 0.25) is 5.95 Å². The van der Waals surface area contributed by atoms with Crippen LogP contribution in [0.4, 0.5) is 19.1 Å². The largest absolute Gasteiger partial charge is 0.433 e. The van der Waals surface area contributed by atoms with E-state index in [1.165, 1.54) is 6.92 Å². The molecule has 4 aromatic rings. The summed E-state index contributed by atoms with van der Waals surface area (Å²) in [6, 6.07) is 8.14.